The number of amides is 1. The van der Waals surface area contributed by atoms with Crippen LogP contribution in [-0.4, -0.2) is 47.1 Å². The smallest absolute Gasteiger partial charge is 0.341 e. The normalized spacial score (nSPS) is 10.9. The standard InChI is InChI=1S/C21H24N4O4S/c1-4-16-22-18(29-24-16)12-25(3)11-17(26)23-20-19(21(27)28-5-2)15(13-30-20)14-9-7-6-8-10-14/h6-10,13H,4-5,11-12H2,1-3H3,(H,23,26). The summed E-state index contributed by atoms with van der Waals surface area (Å²) in [6, 6.07) is 9.54. The monoisotopic (exact) mass is 428 g/mol. The van der Waals surface area contributed by atoms with Crippen LogP contribution in [0.15, 0.2) is 40.2 Å². The highest BCUT2D eigenvalue weighted by Gasteiger charge is 2.23. The molecule has 0 aliphatic rings. The van der Waals surface area contributed by atoms with Gasteiger partial charge in [-0.15, -0.1) is 11.3 Å². The maximum Gasteiger partial charge on any atom is 0.341 e. The number of thiophene rings is 1. The SMILES string of the molecule is CCOC(=O)c1c(-c2ccccc2)csc1NC(=O)CN(C)Cc1nc(CC)no1. The summed E-state index contributed by atoms with van der Waals surface area (Å²) >= 11 is 1.30. The number of hydrogen-bond acceptors (Lipinski definition) is 8. The zero-order chi connectivity index (χ0) is 21.5. The van der Waals surface area contributed by atoms with Gasteiger partial charge in [0.2, 0.25) is 11.8 Å². The van der Waals surface area contributed by atoms with E-state index in [1.54, 1.807) is 18.9 Å². The molecule has 0 unspecified atom stereocenters. The third-order valence-corrected chi connectivity index (χ3v) is 5.15. The zero-order valence-corrected chi connectivity index (χ0v) is 18.0. The van der Waals surface area contributed by atoms with E-state index in [1.165, 1.54) is 11.3 Å². The number of hydrogen-bond donors (Lipinski definition) is 1. The van der Waals surface area contributed by atoms with Crippen LogP contribution in [0.3, 0.4) is 0 Å². The van der Waals surface area contributed by atoms with Gasteiger partial charge in [0.25, 0.3) is 0 Å². The Balaban J connectivity index is 1.72. The average Bonchev–Trinajstić information content (AvgIpc) is 3.35. The Bertz CT molecular complexity index is 1000. The number of esters is 1. The quantitative estimate of drug-likeness (QED) is 0.520. The number of aromatic nitrogens is 2. The molecule has 0 saturated heterocycles. The van der Waals surface area contributed by atoms with Crippen molar-refractivity contribution in [1.82, 2.24) is 15.0 Å². The van der Waals surface area contributed by atoms with E-state index in [2.05, 4.69) is 15.5 Å². The molecule has 2 heterocycles. The number of carbonyl (C=O) groups is 2. The molecule has 1 N–H and O–H groups in total. The third kappa shape index (κ3) is 5.31. The molecule has 1 aromatic carbocycles. The summed E-state index contributed by atoms with van der Waals surface area (Å²) in [7, 11) is 1.78. The van der Waals surface area contributed by atoms with Gasteiger partial charge in [-0.3, -0.25) is 9.69 Å². The van der Waals surface area contributed by atoms with Crippen molar-refractivity contribution < 1.29 is 18.8 Å². The van der Waals surface area contributed by atoms with E-state index in [0.717, 1.165) is 11.1 Å². The first-order valence-electron chi connectivity index (χ1n) is 9.65. The van der Waals surface area contributed by atoms with Gasteiger partial charge in [0.15, 0.2) is 5.82 Å². The number of carbonyl (C=O) groups excluding carboxylic acids is 2. The summed E-state index contributed by atoms with van der Waals surface area (Å²) in [6.07, 6.45) is 0.687. The lowest BCUT2D eigenvalue weighted by atomic mass is 10.0. The van der Waals surface area contributed by atoms with Gasteiger partial charge in [0.1, 0.15) is 10.6 Å². The van der Waals surface area contributed by atoms with Crippen molar-refractivity contribution in [3.8, 4) is 11.1 Å². The highest BCUT2D eigenvalue weighted by Crippen LogP contribution is 2.36. The van der Waals surface area contributed by atoms with Crippen LogP contribution in [0.1, 0.15) is 35.9 Å². The van der Waals surface area contributed by atoms with Crippen molar-refractivity contribution in [2.24, 2.45) is 0 Å². The summed E-state index contributed by atoms with van der Waals surface area (Å²) in [5.74, 6) is 0.379. The number of nitrogens with zero attached hydrogens (tertiary/aromatic N) is 3. The molecule has 8 nitrogen and oxygen atoms in total. The van der Waals surface area contributed by atoms with Crippen LogP contribution in [0.4, 0.5) is 5.00 Å². The molecule has 1 amide bonds. The highest BCUT2D eigenvalue weighted by atomic mass is 32.1. The van der Waals surface area contributed by atoms with Gasteiger partial charge >= 0.3 is 5.97 Å². The number of rotatable bonds is 9. The molecule has 0 spiro atoms. The van der Waals surface area contributed by atoms with Gasteiger partial charge in [0, 0.05) is 17.4 Å². The lowest BCUT2D eigenvalue weighted by Gasteiger charge is -2.14. The Labute approximate surface area is 178 Å². The van der Waals surface area contributed by atoms with Crippen LogP contribution in [0, 0.1) is 0 Å². The molecule has 0 aliphatic carbocycles. The molecule has 0 atom stereocenters. The number of aryl methyl sites for hydroxylation is 1. The molecular formula is C21H24N4O4S. The number of ether oxygens (including phenoxy) is 1. The van der Waals surface area contributed by atoms with Crippen LogP contribution in [-0.2, 0) is 22.5 Å². The van der Waals surface area contributed by atoms with Crippen molar-refractivity contribution in [3.05, 3.63) is 53.0 Å². The second kappa shape index (κ2) is 10.1. The van der Waals surface area contributed by atoms with Gasteiger partial charge in [0.05, 0.1) is 19.7 Å². The minimum absolute atomic E-state index is 0.102. The predicted octanol–water partition coefficient (Wildman–Crippen LogP) is 3.61. The lowest BCUT2D eigenvalue weighted by molar-refractivity contribution is -0.117. The molecule has 0 saturated carbocycles. The number of anilines is 1. The minimum Gasteiger partial charge on any atom is -0.462 e. The maximum absolute atomic E-state index is 12.6. The van der Waals surface area contributed by atoms with E-state index < -0.39 is 5.97 Å². The Hall–Kier alpha value is -3.04. The molecule has 0 aliphatic heterocycles. The molecule has 3 rings (SSSR count). The van der Waals surface area contributed by atoms with Gasteiger partial charge < -0.3 is 14.6 Å². The van der Waals surface area contributed by atoms with Gasteiger partial charge in [-0.1, -0.05) is 42.4 Å². The molecule has 30 heavy (non-hydrogen) atoms. The lowest BCUT2D eigenvalue weighted by Crippen LogP contribution is -2.30. The summed E-state index contributed by atoms with van der Waals surface area (Å²) in [5, 5.41) is 9.02. The average molecular weight is 429 g/mol. The molecule has 0 radical (unpaired) electrons. The van der Waals surface area contributed by atoms with E-state index in [-0.39, 0.29) is 19.1 Å². The topological polar surface area (TPSA) is 97.6 Å². The van der Waals surface area contributed by atoms with E-state index in [0.29, 0.717) is 35.2 Å². The van der Waals surface area contributed by atoms with Crippen LogP contribution >= 0.6 is 11.3 Å². The Kier molecular flexibility index (Phi) is 7.31. The van der Waals surface area contributed by atoms with Crippen molar-refractivity contribution in [1.29, 1.82) is 0 Å². The fraction of sp³-hybridized carbons (Fsp3) is 0.333. The van der Waals surface area contributed by atoms with Crippen molar-refractivity contribution >= 4 is 28.2 Å². The van der Waals surface area contributed by atoms with Crippen molar-refractivity contribution in [2.45, 2.75) is 26.8 Å². The number of benzene rings is 1. The Morgan fingerprint density at radius 2 is 2.00 bits per heavy atom. The first-order chi connectivity index (χ1) is 14.5. The molecule has 3 aromatic rings. The summed E-state index contributed by atoms with van der Waals surface area (Å²) in [4.78, 5) is 31.2. The molecule has 158 valence electrons. The van der Waals surface area contributed by atoms with Gasteiger partial charge in [-0.2, -0.15) is 4.98 Å². The Morgan fingerprint density at radius 1 is 1.23 bits per heavy atom. The van der Waals surface area contributed by atoms with E-state index in [1.807, 2.05) is 42.6 Å². The van der Waals surface area contributed by atoms with Gasteiger partial charge in [-0.05, 0) is 19.5 Å². The summed E-state index contributed by atoms with van der Waals surface area (Å²) < 4.78 is 10.4. The Morgan fingerprint density at radius 3 is 2.67 bits per heavy atom. The maximum atomic E-state index is 12.6. The van der Waals surface area contributed by atoms with E-state index in [4.69, 9.17) is 9.26 Å². The van der Waals surface area contributed by atoms with E-state index in [9.17, 15) is 9.59 Å². The minimum atomic E-state index is -0.459. The first-order valence-corrected chi connectivity index (χ1v) is 10.5. The predicted molar refractivity (Wildman–Crippen MR) is 114 cm³/mol. The van der Waals surface area contributed by atoms with Crippen LogP contribution in [0.2, 0.25) is 0 Å². The van der Waals surface area contributed by atoms with Crippen molar-refractivity contribution in [3.63, 3.8) is 0 Å². The second-order valence-electron chi connectivity index (χ2n) is 6.62. The molecule has 0 fully saturated rings. The summed E-state index contributed by atoms with van der Waals surface area (Å²) in [6.45, 7) is 4.40. The van der Waals surface area contributed by atoms with Crippen molar-refractivity contribution in [2.75, 3.05) is 25.5 Å². The number of nitrogens with one attached hydrogen (secondary N) is 1. The van der Waals surface area contributed by atoms with Crippen LogP contribution < -0.4 is 5.32 Å². The second-order valence-corrected chi connectivity index (χ2v) is 7.50. The fourth-order valence-corrected chi connectivity index (χ4v) is 3.86. The van der Waals surface area contributed by atoms with Crippen LogP contribution in [0.25, 0.3) is 11.1 Å². The molecule has 9 heteroatoms. The first kappa shape index (κ1) is 21.7. The van der Waals surface area contributed by atoms with E-state index >= 15 is 0 Å². The molecule has 2 aromatic heterocycles. The number of likely N-dealkylation sites (N-methyl/N-ethyl adjacent to an activating group) is 1. The van der Waals surface area contributed by atoms with Crippen LogP contribution in [0.5, 0.6) is 0 Å². The summed E-state index contributed by atoms with van der Waals surface area (Å²) in [5.41, 5.74) is 1.99. The highest BCUT2D eigenvalue weighted by molar-refractivity contribution is 7.15. The third-order valence-electron chi connectivity index (χ3n) is 4.25. The largest absolute Gasteiger partial charge is 0.462 e. The molecular weight excluding hydrogens is 404 g/mol. The van der Waals surface area contributed by atoms with Gasteiger partial charge in [-0.25, -0.2) is 4.79 Å². The zero-order valence-electron chi connectivity index (χ0n) is 17.2. The fourth-order valence-electron chi connectivity index (χ4n) is 2.88. The molecule has 0 bridgehead atoms.